The number of aromatic nitrogens is 2. The second-order valence-electron chi connectivity index (χ2n) is 5.64. The van der Waals surface area contributed by atoms with E-state index < -0.39 is 0 Å². The van der Waals surface area contributed by atoms with E-state index >= 15 is 0 Å². The largest absolute Gasteiger partial charge is 0.492 e. The lowest BCUT2D eigenvalue weighted by Gasteiger charge is -2.11. The summed E-state index contributed by atoms with van der Waals surface area (Å²) in [7, 11) is 4.04. The van der Waals surface area contributed by atoms with Crippen LogP contribution in [0.4, 0.5) is 0 Å². The van der Waals surface area contributed by atoms with Crippen molar-refractivity contribution in [1.29, 1.82) is 0 Å². The molecule has 0 spiro atoms. The lowest BCUT2D eigenvalue weighted by molar-refractivity contribution is 0.0835. The van der Waals surface area contributed by atoms with Crippen molar-refractivity contribution in [2.75, 3.05) is 33.9 Å². The molecule has 2 aromatic rings. The highest BCUT2D eigenvalue weighted by molar-refractivity contribution is 5.56. The summed E-state index contributed by atoms with van der Waals surface area (Å²) >= 11 is 0. The number of ether oxygens (including phenoxy) is 2. The molecular weight excluding hydrogens is 282 g/mol. The number of hydrogen-bond acceptors (Lipinski definition) is 6. The zero-order valence-electron chi connectivity index (χ0n) is 13.0. The number of nitrogens with zero attached hydrogens (tertiary/aromatic N) is 3. The fraction of sp³-hybridized carbons (Fsp3) is 0.500. The average Bonchev–Trinajstić information content (AvgIpc) is 3.18. The molecule has 0 saturated carbocycles. The van der Waals surface area contributed by atoms with Crippen molar-refractivity contribution in [3.63, 3.8) is 0 Å². The fourth-order valence-electron chi connectivity index (χ4n) is 2.33. The van der Waals surface area contributed by atoms with Gasteiger partial charge >= 0.3 is 0 Å². The average molecular weight is 303 g/mol. The summed E-state index contributed by atoms with van der Waals surface area (Å²) in [4.78, 5) is 6.53. The van der Waals surface area contributed by atoms with E-state index in [2.05, 4.69) is 15.0 Å². The molecule has 1 fully saturated rings. The molecule has 1 aliphatic heterocycles. The Balaban J connectivity index is 1.69. The highest BCUT2D eigenvalue weighted by Crippen LogP contribution is 2.29. The van der Waals surface area contributed by atoms with Crippen LogP contribution in [0.5, 0.6) is 5.75 Å². The lowest BCUT2D eigenvalue weighted by atomic mass is 10.2. The van der Waals surface area contributed by atoms with Gasteiger partial charge in [0.1, 0.15) is 18.5 Å². The normalized spacial score (nSPS) is 18.0. The first kappa shape index (κ1) is 15.0. The molecule has 1 saturated heterocycles. The third kappa shape index (κ3) is 3.64. The van der Waals surface area contributed by atoms with Gasteiger partial charge in [0.25, 0.3) is 5.89 Å². The summed E-state index contributed by atoms with van der Waals surface area (Å²) in [5.74, 6) is 1.94. The van der Waals surface area contributed by atoms with Gasteiger partial charge in [-0.25, -0.2) is 0 Å². The number of benzene rings is 1. The van der Waals surface area contributed by atoms with Crippen molar-refractivity contribution in [3.05, 3.63) is 30.2 Å². The highest BCUT2D eigenvalue weighted by atomic mass is 16.5. The van der Waals surface area contributed by atoms with E-state index in [9.17, 15) is 0 Å². The first-order valence-corrected chi connectivity index (χ1v) is 7.55. The van der Waals surface area contributed by atoms with Crippen molar-refractivity contribution >= 4 is 0 Å². The molecule has 0 radical (unpaired) electrons. The Bertz CT molecular complexity index is 606. The molecule has 1 aromatic carbocycles. The lowest BCUT2D eigenvalue weighted by Crippen LogP contribution is -2.19. The molecule has 0 N–H and O–H groups in total. The van der Waals surface area contributed by atoms with E-state index in [1.165, 1.54) is 0 Å². The minimum absolute atomic E-state index is 0.0548. The molecule has 1 unspecified atom stereocenters. The van der Waals surface area contributed by atoms with Crippen LogP contribution in [0.2, 0.25) is 0 Å². The van der Waals surface area contributed by atoms with E-state index in [-0.39, 0.29) is 6.10 Å². The molecule has 6 heteroatoms. The quantitative estimate of drug-likeness (QED) is 0.817. The van der Waals surface area contributed by atoms with Gasteiger partial charge in [0.05, 0.1) is 0 Å². The van der Waals surface area contributed by atoms with Gasteiger partial charge in [0, 0.05) is 18.7 Å². The van der Waals surface area contributed by atoms with Gasteiger partial charge < -0.3 is 18.9 Å². The Morgan fingerprint density at radius 3 is 3.05 bits per heavy atom. The van der Waals surface area contributed by atoms with Crippen LogP contribution in [0, 0.1) is 0 Å². The van der Waals surface area contributed by atoms with Crippen LogP contribution in [0.25, 0.3) is 11.4 Å². The molecule has 6 nitrogen and oxygen atoms in total. The molecule has 0 amide bonds. The summed E-state index contributed by atoms with van der Waals surface area (Å²) in [6, 6.07) is 7.74. The van der Waals surface area contributed by atoms with Crippen LogP contribution < -0.4 is 4.74 Å². The zero-order chi connectivity index (χ0) is 15.4. The Hall–Kier alpha value is -1.92. The van der Waals surface area contributed by atoms with E-state index in [4.69, 9.17) is 14.0 Å². The van der Waals surface area contributed by atoms with Crippen LogP contribution in [-0.4, -0.2) is 48.9 Å². The molecule has 118 valence electrons. The maximum atomic E-state index is 5.73. The monoisotopic (exact) mass is 303 g/mol. The van der Waals surface area contributed by atoms with Crippen molar-refractivity contribution in [2.24, 2.45) is 0 Å². The minimum Gasteiger partial charge on any atom is -0.492 e. The predicted molar refractivity (Wildman–Crippen MR) is 81.7 cm³/mol. The van der Waals surface area contributed by atoms with Gasteiger partial charge in [-0.2, -0.15) is 4.98 Å². The summed E-state index contributed by atoms with van der Waals surface area (Å²) < 4.78 is 16.6. The second kappa shape index (κ2) is 6.89. The van der Waals surface area contributed by atoms with E-state index in [0.29, 0.717) is 18.3 Å². The highest BCUT2D eigenvalue weighted by Gasteiger charge is 2.24. The van der Waals surface area contributed by atoms with Crippen LogP contribution >= 0.6 is 0 Å². The van der Waals surface area contributed by atoms with Gasteiger partial charge in [0.15, 0.2) is 0 Å². The second-order valence-corrected chi connectivity index (χ2v) is 5.64. The fourth-order valence-corrected chi connectivity index (χ4v) is 2.33. The molecule has 22 heavy (non-hydrogen) atoms. The SMILES string of the molecule is CN(C)CCOc1cccc(-c2noc(C3CCCO3)n2)c1. The molecule has 1 aliphatic rings. The zero-order valence-corrected chi connectivity index (χ0v) is 13.0. The summed E-state index contributed by atoms with van der Waals surface area (Å²) in [5.41, 5.74) is 0.885. The maximum absolute atomic E-state index is 5.73. The van der Waals surface area contributed by atoms with Gasteiger partial charge in [-0.3, -0.25) is 0 Å². The number of likely N-dealkylation sites (N-methyl/N-ethyl adjacent to an activating group) is 1. The van der Waals surface area contributed by atoms with Crippen molar-refractivity contribution in [3.8, 4) is 17.1 Å². The summed E-state index contributed by atoms with van der Waals surface area (Å²) in [6.45, 7) is 2.27. The van der Waals surface area contributed by atoms with Crippen molar-refractivity contribution in [1.82, 2.24) is 15.0 Å². The number of hydrogen-bond donors (Lipinski definition) is 0. The van der Waals surface area contributed by atoms with E-state index in [1.807, 2.05) is 38.4 Å². The van der Waals surface area contributed by atoms with Crippen LogP contribution in [0.15, 0.2) is 28.8 Å². The van der Waals surface area contributed by atoms with E-state index in [1.54, 1.807) is 0 Å². The van der Waals surface area contributed by atoms with Crippen molar-refractivity contribution < 1.29 is 14.0 Å². The Morgan fingerprint density at radius 2 is 2.27 bits per heavy atom. The smallest absolute Gasteiger partial charge is 0.256 e. The minimum atomic E-state index is -0.0548. The van der Waals surface area contributed by atoms with Crippen LogP contribution in [0.3, 0.4) is 0 Å². The molecule has 0 aliphatic carbocycles. The van der Waals surface area contributed by atoms with E-state index in [0.717, 1.165) is 37.3 Å². The molecule has 1 atom stereocenters. The molecule has 3 rings (SSSR count). The van der Waals surface area contributed by atoms with Gasteiger partial charge in [-0.05, 0) is 39.1 Å². The van der Waals surface area contributed by atoms with Crippen molar-refractivity contribution in [2.45, 2.75) is 18.9 Å². The molecule has 1 aromatic heterocycles. The third-order valence-electron chi connectivity index (χ3n) is 3.55. The molecule has 2 heterocycles. The van der Waals surface area contributed by atoms with Crippen LogP contribution in [0.1, 0.15) is 24.8 Å². The predicted octanol–water partition coefficient (Wildman–Crippen LogP) is 2.53. The Morgan fingerprint density at radius 1 is 1.36 bits per heavy atom. The number of rotatable bonds is 6. The Kier molecular flexibility index (Phi) is 4.70. The third-order valence-corrected chi connectivity index (χ3v) is 3.55. The first-order valence-electron chi connectivity index (χ1n) is 7.55. The van der Waals surface area contributed by atoms with Gasteiger partial charge in [0.2, 0.25) is 5.82 Å². The van der Waals surface area contributed by atoms with Gasteiger partial charge in [-0.1, -0.05) is 17.3 Å². The summed E-state index contributed by atoms with van der Waals surface area (Å²) in [5, 5.41) is 4.05. The first-order chi connectivity index (χ1) is 10.7. The summed E-state index contributed by atoms with van der Waals surface area (Å²) in [6.07, 6.45) is 1.92. The molecular formula is C16H21N3O3. The van der Waals surface area contributed by atoms with Crippen LogP contribution in [-0.2, 0) is 4.74 Å². The maximum Gasteiger partial charge on any atom is 0.256 e. The molecule has 0 bridgehead atoms. The topological polar surface area (TPSA) is 60.6 Å². The standard InChI is InChI=1S/C16H21N3O3/c1-19(2)8-10-20-13-6-3-5-12(11-13)15-17-16(22-18-15)14-7-4-9-21-14/h3,5-6,11,14H,4,7-10H2,1-2H3. The Labute approximate surface area is 130 Å². The van der Waals surface area contributed by atoms with Gasteiger partial charge in [-0.15, -0.1) is 0 Å².